The average molecular weight is 259 g/mol. The Hall–Kier alpha value is -1.55. The molecule has 1 fully saturated rings. The van der Waals surface area contributed by atoms with Crippen molar-refractivity contribution >= 4 is 16.7 Å². The topological polar surface area (TPSA) is 64.1 Å². The smallest absolute Gasteiger partial charge is 0.136 e. The summed E-state index contributed by atoms with van der Waals surface area (Å²) < 4.78 is 2.24. The number of anilines is 1. The summed E-state index contributed by atoms with van der Waals surface area (Å²) in [6.07, 6.45) is 6.10. The minimum absolute atomic E-state index is 0.0236. The molecule has 0 bridgehead atoms. The van der Waals surface area contributed by atoms with E-state index < -0.39 is 0 Å². The molecule has 0 aliphatic heterocycles. The van der Waals surface area contributed by atoms with Gasteiger partial charge >= 0.3 is 0 Å². The van der Waals surface area contributed by atoms with Crippen molar-refractivity contribution in [2.45, 2.75) is 51.2 Å². The van der Waals surface area contributed by atoms with E-state index >= 15 is 0 Å². The third kappa shape index (κ3) is 2.00. The summed E-state index contributed by atoms with van der Waals surface area (Å²) in [4.78, 5) is 4.55. The van der Waals surface area contributed by atoms with Gasteiger partial charge in [0.25, 0.3) is 0 Å². The first-order valence-corrected chi connectivity index (χ1v) is 7.02. The molecule has 0 amide bonds. The van der Waals surface area contributed by atoms with E-state index in [2.05, 4.69) is 16.5 Å². The van der Waals surface area contributed by atoms with Crippen LogP contribution < -0.4 is 5.73 Å². The lowest BCUT2D eigenvalue weighted by Gasteiger charge is -2.36. The molecule has 3 N–H and O–H groups in total. The zero-order valence-corrected chi connectivity index (χ0v) is 11.4. The highest BCUT2D eigenvalue weighted by Gasteiger charge is 2.32. The summed E-state index contributed by atoms with van der Waals surface area (Å²) in [5, 5.41) is 9.62. The van der Waals surface area contributed by atoms with Crippen LogP contribution in [0.1, 0.15) is 44.9 Å². The molecule has 102 valence electrons. The van der Waals surface area contributed by atoms with Gasteiger partial charge in [-0.1, -0.05) is 19.3 Å². The molecule has 19 heavy (non-hydrogen) atoms. The van der Waals surface area contributed by atoms with Crippen LogP contribution in [0.15, 0.2) is 18.2 Å². The Balaban J connectivity index is 2.20. The Morgan fingerprint density at radius 3 is 2.74 bits per heavy atom. The largest absolute Gasteiger partial charge is 0.399 e. The van der Waals surface area contributed by atoms with Crippen LogP contribution >= 0.6 is 0 Å². The number of nitrogen functional groups attached to an aromatic ring is 1. The van der Waals surface area contributed by atoms with Crippen LogP contribution in [0.5, 0.6) is 0 Å². The third-order valence-electron chi connectivity index (χ3n) is 4.36. The van der Waals surface area contributed by atoms with Gasteiger partial charge in [-0.15, -0.1) is 0 Å². The molecule has 1 saturated carbocycles. The van der Waals surface area contributed by atoms with Crippen molar-refractivity contribution in [1.82, 2.24) is 9.55 Å². The van der Waals surface area contributed by atoms with Crippen molar-refractivity contribution < 1.29 is 5.11 Å². The lowest BCUT2D eigenvalue weighted by atomic mass is 9.83. The number of fused-ring (bicyclic) bond motifs is 1. The van der Waals surface area contributed by atoms with Crippen LogP contribution in [0.4, 0.5) is 5.69 Å². The normalized spacial score (nSPS) is 18.8. The van der Waals surface area contributed by atoms with Crippen LogP contribution in [0.2, 0.25) is 0 Å². The van der Waals surface area contributed by atoms with Crippen LogP contribution in [-0.4, -0.2) is 14.7 Å². The number of hydrogen-bond acceptors (Lipinski definition) is 3. The lowest BCUT2D eigenvalue weighted by molar-refractivity contribution is 0.196. The number of nitrogens with zero attached hydrogens (tertiary/aromatic N) is 2. The maximum Gasteiger partial charge on any atom is 0.136 e. The fourth-order valence-corrected chi connectivity index (χ4v) is 3.39. The van der Waals surface area contributed by atoms with Gasteiger partial charge < -0.3 is 15.4 Å². The molecular weight excluding hydrogens is 238 g/mol. The second kappa shape index (κ2) is 4.53. The Labute approximate surface area is 113 Å². The number of imidazole rings is 1. The van der Waals surface area contributed by atoms with Gasteiger partial charge in [-0.05, 0) is 38.0 Å². The van der Waals surface area contributed by atoms with Crippen molar-refractivity contribution in [3.8, 4) is 0 Å². The molecular formula is C15H21N3O. The van der Waals surface area contributed by atoms with Crippen LogP contribution in [0.3, 0.4) is 0 Å². The molecule has 4 heteroatoms. The monoisotopic (exact) mass is 259 g/mol. The van der Waals surface area contributed by atoms with Gasteiger partial charge in [-0.3, -0.25) is 0 Å². The minimum atomic E-state index is -0.0236. The summed E-state index contributed by atoms with van der Waals surface area (Å²) in [7, 11) is 0. The molecule has 1 aliphatic rings. The van der Waals surface area contributed by atoms with Gasteiger partial charge in [0.2, 0.25) is 0 Å². The number of hydrogen-bond donors (Lipinski definition) is 2. The second-order valence-corrected chi connectivity index (χ2v) is 5.83. The zero-order valence-electron chi connectivity index (χ0n) is 11.4. The molecule has 0 spiro atoms. The molecule has 1 heterocycles. The fraction of sp³-hybridized carbons (Fsp3) is 0.533. The van der Waals surface area contributed by atoms with E-state index in [1.54, 1.807) is 0 Å². The Morgan fingerprint density at radius 2 is 2.05 bits per heavy atom. The van der Waals surface area contributed by atoms with E-state index in [-0.39, 0.29) is 12.1 Å². The van der Waals surface area contributed by atoms with E-state index in [1.807, 2.05) is 18.2 Å². The first-order valence-electron chi connectivity index (χ1n) is 7.02. The van der Waals surface area contributed by atoms with Gasteiger partial charge in [0.15, 0.2) is 0 Å². The first-order chi connectivity index (χ1) is 9.14. The standard InChI is InChI=1S/C15H21N3O/c1-15(7-3-2-4-8-15)18-13-6-5-11(16)9-12(13)17-14(18)10-19/h5-6,9,19H,2-4,7-8,10,16H2,1H3. The molecule has 4 nitrogen and oxygen atoms in total. The number of rotatable bonds is 2. The Morgan fingerprint density at radius 1 is 1.32 bits per heavy atom. The molecule has 0 radical (unpaired) electrons. The molecule has 1 aromatic carbocycles. The third-order valence-corrected chi connectivity index (χ3v) is 4.36. The van der Waals surface area contributed by atoms with Crippen molar-refractivity contribution in [1.29, 1.82) is 0 Å². The Bertz CT molecular complexity index is 597. The maximum absolute atomic E-state index is 9.62. The van der Waals surface area contributed by atoms with E-state index in [1.165, 1.54) is 19.3 Å². The second-order valence-electron chi connectivity index (χ2n) is 5.83. The molecule has 3 rings (SSSR count). The number of aromatic nitrogens is 2. The SMILES string of the molecule is CC1(n2c(CO)nc3cc(N)ccc32)CCCCC1. The summed E-state index contributed by atoms with van der Waals surface area (Å²) >= 11 is 0. The molecule has 1 aromatic heterocycles. The summed E-state index contributed by atoms with van der Waals surface area (Å²) in [5.74, 6) is 0.755. The molecule has 2 aromatic rings. The first kappa shape index (κ1) is 12.5. The maximum atomic E-state index is 9.62. The molecule has 0 unspecified atom stereocenters. The van der Waals surface area contributed by atoms with Crippen molar-refractivity contribution in [3.05, 3.63) is 24.0 Å². The van der Waals surface area contributed by atoms with E-state index in [0.717, 1.165) is 35.4 Å². The summed E-state index contributed by atoms with van der Waals surface area (Å²) in [6.45, 7) is 2.26. The summed E-state index contributed by atoms with van der Waals surface area (Å²) in [5.41, 5.74) is 8.58. The lowest BCUT2D eigenvalue weighted by Crippen LogP contribution is -2.33. The molecule has 1 aliphatic carbocycles. The van der Waals surface area contributed by atoms with Gasteiger partial charge in [0.05, 0.1) is 11.0 Å². The van der Waals surface area contributed by atoms with Crippen LogP contribution in [-0.2, 0) is 12.1 Å². The van der Waals surface area contributed by atoms with Crippen molar-refractivity contribution in [2.75, 3.05) is 5.73 Å². The highest BCUT2D eigenvalue weighted by atomic mass is 16.3. The highest BCUT2D eigenvalue weighted by Crippen LogP contribution is 2.38. The molecule has 0 atom stereocenters. The number of aliphatic hydroxyl groups is 1. The summed E-state index contributed by atoms with van der Waals surface area (Å²) in [6, 6.07) is 5.82. The quantitative estimate of drug-likeness (QED) is 0.815. The van der Waals surface area contributed by atoms with Gasteiger partial charge in [-0.2, -0.15) is 0 Å². The number of benzene rings is 1. The number of aliphatic hydroxyl groups excluding tert-OH is 1. The van der Waals surface area contributed by atoms with E-state index in [0.29, 0.717) is 0 Å². The zero-order chi connectivity index (χ0) is 13.5. The van der Waals surface area contributed by atoms with Gasteiger partial charge in [0, 0.05) is 11.2 Å². The predicted molar refractivity (Wildman–Crippen MR) is 76.8 cm³/mol. The average Bonchev–Trinajstić information content (AvgIpc) is 2.77. The van der Waals surface area contributed by atoms with Gasteiger partial charge in [0.1, 0.15) is 12.4 Å². The molecule has 0 saturated heterocycles. The fourth-order valence-electron chi connectivity index (χ4n) is 3.39. The van der Waals surface area contributed by atoms with Crippen LogP contribution in [0.25, 0.3) is 11.0 Å². The highest BCUT2D eigenvalue weighted by molar-refractivity contribution is 5.80. The van der Waals surface area contributed by atoms with Crippen molar-refractivity contribution in [2.24, 2.45) is 0 Å². The van der Waals surface area contributed by atoms with Crippen LogP contribution in [0, 0.1) is 0 Å². The minimum Gasteiger partial charge on any atom is -0.399 e. The number of nitrogens with two attached hydrogens (primary N) is 1. The van der Waals surface area contributed by atoms with E-state index in [4.69, 9.17) is 5.73 Å². The Kier molecular flexibility index (Phi) is 2.97. The predicted octanol–water partition coefficient (Wildman–Crippen LogP) is 2.79. The van der Waals surface area contributed by atoms with E-state index in [9.17, 15) is 5.11 Å². The van der Waals surface area contributed by atoms with Crippen molar-refractivity contribution in [3.63, 3.8) is 0 Å². The van der Waals surface area contributed by atoms with Gasteiger partial charge in [-0.25, -0.2) is 4.98 Å².